The molecule has 0 unspecified atom stereocenters. The number of nitro groups is 2. The van der Waals surface area contributed by atoms with Gasteiger partial charge in [-0.1, -0.05) is 12.1 Å². The average Bonchev–Trinajstić information content (AvgIpc) is 3.49. The third-order valence-corrected chi connectivity index (χ3v) is 5.89. The second-order valence-electron chi connectivity index (χ2n) is 7.23. The number of benzene rings is 3. The van der Waals surface area contributed by atoms with E-state index in [0.29, 0.717) is 27.6 Å². The van der Waals surface area contributed by atoms with Gasteiger partial charge in [0.15, 0.2) is 11.5 Å². The summed E-state index contributed by atoms with van der Waals surface area (Å²) < 4.78 is 12.3. The Labute approximate surface area is 201 Å². The molecule has 0 bridgehead atoms. The van der Waals surface area contributed by atoms with Gasteiger partial charge in [0.05, 0.1) is 21.8 Å². The fourth-order valence-electron chi connectivity index (χ4n) is 3.37. The van der Waals surface area contributed by atoms with Gasteiger partial charge in [0.1, 0.15) is 5.69 Å². The molecule has 4 aromatic rings. The number of hydrogen-bond acceptors (Lipinski definition) is 9. The van der Waals surface area contributed by atoms with Crippen molar-refractivity contribution in [2.45, 2.75) is 0 Å². The van der Waals surface area contributed by atoms with E-state index < -0.39 is 9.85 Å². The summed E-state index contributed by atoms with van der Waals surface area (Å²) in [4.78, 5) is 26.4. The molecule has 1 aromatic heterocycles. The van der Waals surface area contributed by atoms with Crippen molar-refractivity contribution < 1.29 is 19.3 Å². The predicted molar refractivity (Wildman–Crippen MR) is 128 cm³/mol. The number of nitrogens with zero attached hydrogens (tertiary/aromatic N) is 5. The molecule has 0 atom stereocenters. The largest absolute Gasteiger partial charge is 0.454 e. The number of fused-ring (bicyclic) bond motifs is 1. The van der Waals surface area contributed by atoms with Crippen LogP contribution in [0, 0.1) is 20.2 Å². The van der Waals surface area contributed by atoms with E-state index in [1.54, 1.807) is 54.1 Å². The van der Waals surface area contributed by atoms with Gasteiger partial charge in [0.25, 0.3) is 11.4 Å². The van der Waals surface area contributed by atoms with Gasteiger partial charge in [0, 0.05) is 29.1 Å². The van der Waals surface area contributed by atoms with Crippen LogP contribution in [-0.4, -0.2) is 27.5 Å². The third kappa shape index (κ3) is 4.50. The highest BCUT2D eigenvalue weighted by molar-refractivity contribution is 7.07. The van der Waals surface area contributed by atoms with Crippen LogP contribution >= 0.6 is 11.3 Å². The molecule has 0 amide bonds. The fraction of sp³-hybridized carbons (Fsp3) is 0.0435. The van der Waals surface area contributed by atoms with Gasteiger partial charge >= 0.3 is 0 Å². The summed E-state index contributed by atoms with van der Waals surface area (Å²) in [5, 5.41) is 28.8. The summed E-state index contributed by atoms with van der Waals surface area (Å²) in [6, 6.07) is 17.6. The smallest absolute Gasteiger partial charge is 0.294 e. The Kier molecular flexibility index (Phi) is 5.77. The monoisotopic (exact) mass is 489 g/mol. The van der Waals surface area contributed by atoms with E-state index in [1.807, 2.05) is 6.07 Å². The minimum Gasteiger partial charge on any atom is -0.454 e. The van der Waals surface area contributed by atoms with E-state index in [9.17, 15) is 20.2 Å². The van der Waals surface area contributed by atoms with E-state index in [-0.39, 0.29) is 23.9 Å². The number of nitro benzene ring substituents is 2. The summed E-state index contributed by atoms with van der Waals surface area (Å²) in [6.45, 7) is 0.151. The molecule has 3 aromatic carbocycles. The zero-order valence-electron chi connectivity index (χ0n) is 17.8. The van der Waals surface area contributed by atoms with Gasteiger partial charge in [-0.15, -0.1) is 11.3 Å². The second kappa shape index (κ2) is 9.19. The summed E-state index contributed by atoms with van der Waals surface area (Å²) in [5.41, 5.74) is 2.02. The molecule has 1 aliphatic heterocycles. The summed E-state index contributed by atoms with van der Waals surface area (Å²) in [7, 11) is 0. The summed E-state index contributed by atoms with van der Waals surface area (Å²) in [5.74, 6) is 1.24. The highest BCUT2D eigenvalue weighted by atomic mass is 32.1. The van der Waals surface area contributed by atoms with Gasteiger partial charge in [-0.3, -0.25) is 20.2 Å². The van der Waals surface area contributed by atoms with Crippen LogP contribution in [0.25, 0.3) is 11.3 Å². The molecule has 174 valence electrons. The number of para-hydroxylation sites is 2. The molecular formula is C23H15N5O6S. The first kappa shape index (κ1) is 22.0. The average molecular weight is 489 g/mol. The minimum atomic E-state index is -0.496. The maximum absolute atomic E-state index is 11.4. The topological polar surface area (TPSA) is 134 Å². The van der Waals surface area contributed by atoms with Crippen molar-refractivity contribution in [1.29, 1.82) is 0 Å². The quantitative estimate of drug-likeness (QED) is 0.215. The Morgan fingerprint density at radius 1 is 0.943 bits per heavy atom. The molecule has 0 saturated carbocycles. The second-order valence-corrected chi connectivity index (χ2v) is 8.07. The van der Waals surface area contributed by atoms with Crippen LogP contribution in [0.1, 0.15) is 5.56 Å². The number of thiazole rings is 1. The number of non-ortho nitro benzene ring substituents is 1. The van der Waals surface area contributed by atoms with Gasteiger partial charge in [-0.2, -0.15) is 5.10 Å². The van der Waals surface area contributed by atoms with Gasteiger partial charge in [-0.05, 0) is 42.0 Å². The number of aromatic nitrogens is 1. The Balaban J connectivity index is 1.63. The first-order chi connectivity index (χ1) is 17.0. The number of hydrogen-bond donors (Lipinski definition) is 0. The molecule has 0 fully saturated rings. The van der Waals surface area contributed by atoms with E-state index in [0.717, 1.165) is 5.56 Å². The van der Waals surface area contributed by atoms with Crippen molar-refractivity contribution in [2.24, 2.45) is 10.1 Å². The molecule has 12 heteroatoms. The molecule has 0 spiro atoms. The Bertz CT molecular complexity index is 1540. The Morgan fingerprint density at radius 3 is 2.49 bits per heavy atom. The lowest BCUT2D eigenvalue weighted by atomic mass is 10.1. The molecule has 1 aliphatic rings. The van der Waals surface area contributed by atoms with Crippen molar-refractivity contribution in [1.82, 2.24) is 4.68 Å². The molecule has 2 heterocycles. The zero-order chi connectivity index (χ0) is 24.4. The Morgan fingerprint density at radius 2 is 1.71 bits per heavy atom. The lowest BCUT2D eigenvalue weighted by Crippen LogP contribution is -2.11. The highest BCUT2D eigenvalue weighted by Crippen LogP contribution is 2.32. The van der Waals surface area contributed by atoms with Crippen LogP contribution in [0.5, 0.6) is 11.5 Å². The lowest BCUT2D eigenvalue weighted by Gasteiger charge is -2.04. The zero-order valence-corrected chi connectivity index (χ0v) is 18.6. The van der Waals surface area contributed by atoms with Crippen molar-refractivity contribution in [2.75, 3.05) is 6.79 Å². The molecule has 0 saturated heterocycles. The van der Waals surface area contributed by atoms with Gasteiger partial charge in [-0.25, -0.2) is 9.67 Å². The number of rotatable bonds is 6. The van der Waals surface area contributed by atoms with Crippen molar-refractivity contribution >= 4 is 34.6 Å². The maximum atomic E-state index is 11.4. The maximum Gasteiger partial charge on any atom is 0.294 e. The van der Waals surface area contributed by atoms with Crippen LogP contribution in [0.2, 0.25) is 0 Å². The SMILES string of the molecule is O=[N+]([O-])c1ccc(-c2csc(=Nc3ccccc3[N+](=O)[O-])n2N=Cc2ccc3c(c2)OCO3)cc1. The van der Waals surface area contributed by atoms with E-state index in [2.05, 4.69) is 10.1 Å². The molecule has 35 heavy (non-hydrogen) atoms. The molecular weight excluding hydrogens is 474 g/mol. The van der Waals surface area contributed by atoms with Gasteiger partial charge < -0.3 is 9.47 Å². The van der Waals surface area contributed by atoms with Crippen LogP contribution in [0.15, 0.2) is 82.2 Å². The third-order valence-electron chi connectivity index (χ3n) is 5.07. The summed E-state index contributed by atoms with van der Waals surface area (Å²) in [6.07, 6.45) is 1.60. The standard InChI is InChI=1S/C23H15N5O6S/c29-27(30)17-8-6-16(7-9-17)20-13-35-23(25-18-3-1-2-4-19(18)28(31)32)26(20)24-12-15-5-10-21-22(11-15)34-14-33-21/h1-13H,14H2. The minimum absolute atomic E-state index is 0.0378. The van der Waals surface area contributed by atoms with E-state index in [4.69, 9.17) is 9.47 Å². The normalized spacial score (nSPS) is 12.9. The molecule has 0 radical (unpaired) electrons. The fourth-order valence-corrected chi connectivity index (χ4v) is 4.22. The van der Waals surface area contributed by atoms with Gasteiger partial charge in [0.2, 0.25) is 11.6 Å². The van der Waals surface area contributed by atoms with Crippen LogP contribution in [0.4, 0.5) is 17.1 Å². The number of ether oxygens (including phenoxy) is 2. The van der Waals surface area contributed by atoms with Crippen LogP contribution in [-0.2, 0) is 0 Å². The van der Waals surface area contributed by atoms with Crippen LogP contribution in [0.3, 0.4) is 0 Å². The van der Waals surface area contributed by atoms with Crippen LogP contribution < -0.4 is 14.3 Å². The molecule has 11 nitrogen and oxygen atoms in total. The first-order valence-electron chi connectivity index (χ1n) is 10.2. The highest BCUT2D eigenvalue weighted by Gasteiger charge is 2.15. The molecule has 5 rings (SSSR count). The molecule has 0 aliphatic carbocycles. The predicted octanol–water partition coefficient (Wildman–Crippen LogP) is 4.88. The first-order valence-corrected chi connectivity index (χ1v) is 11.0. The van der Waals surface area contributed by atoms with Crippen molar-refractivity contribution in [3.63, 3.8) is 0 Å². The van der Waals surface area contributed by atoms with E-state index in [1.165, 1.54) is 34.2 Å². The lowest BCUT2D eigenvalue weighted by molar-refractivity contribution is -0.384. The van der Waals surface area contributed by atoms with Crippen molar-refractivity contribution in [3.8, 4) is 22.8 Å². The summed E-state index contributed by atoms with van der Waals surface area (Å²) >= 11 is 1.23. The van der Waals surface area contributed by atoms with Crippen molar-refractivity contribution in [3.05, 3.63) is 103 Å². The Hall–Kier alpha value is -4.84. The molecule has 0 N–H and O–H groups in total. The van der Waals surface area contributed by atoms with E-state index >= 15 is 0 Å².